The van der Waals surface area contributed by atoms with E-state index in [9.17, 15) is 9.59 Å². The zero-order valence-electron chi connectivity index (χ0n) is 16.3. The molecule has 1 fully saturated rings. The van der Waals surface area contributed by atoms with Gasteiger partial charge in [-0.05, 0) is 26.0 Å². The van der Waals surface area contributed by atoms with Gasteiger partial charge in [0.15, 0.2) is 0 Å². The number of nitrogens with two attached hydrogens (primary N) is 1. The van der Waals surface area contributed by atoms with Crippen LogP contribution in [0.4, 0.5) is 5.69 Å². The molecule has 0 spiro atoms. The van der Waals surface area contributed by atoms with Gasteiger partial charge in [0.2, 0.25) is 0 Å². The van der Waals surface area contributed by atoms with E-state index < -0.39 is 0 Å². The number of rotatable bonds is 9. The molecule has 156 valence electrons. The van der Waals surface area contributed by atoms with Crippen LogP contribution in [0.15, 0.2) is 12.1 Å². The minimum absolute atomic E-state index is 0.129. The monoisotopic (exact) mass is 413 g/mol. The highest BCUT2D eigenvalue weighted by Crippen LogP contribution is 2.28. The average Bonchev–Trinajstić information content (AvgIpc) is 2.68. The molecule has 1 heterocycles. The molecule has 1 saturated heterocycles. The predicted molar refractivity (Wildman–Crippen MR) is 107 cm³/mol. The normalized spacial score (nSPS) is 17.2. The second-order valence-corrected chi connectivity index (χ2v) is 6.89. The fourth-order valence-electron chi connectivity index (χ4n) is 3.00. The molecule has 1 aliphatic rings. The summed E-state index contributed by atoms with van der Waals surface area (Å²) in [6, 6.07) is 3.02. The van der Waals surface area contributed by atoms with Crippen LogP contribution in [-0.4, -0.2) is 69.4 Å². The van der Waals surface area contributed by atoms with Crippen LogP contribution >= 0.6 is 11.6 Å². The average molecular weight is 414 g/mol. The van der Waals surface area contributed by atoms with Gasteiger partial charge in [-0.25, -0.2) is 0 Å². The Morgan fingerprint density at radius 2 is 2.21 bits per heavy atom. The first-order valence-electron chi connectivity index (χ1n) is 9.35. The summed E-state index contributed by atoms with van der Waals surface area (Å²) in [7, 11) is 1.47. The fraction of sp³-hybridized carbons (Fsp3) is 0.579. The summed E-state index contributed by atoms with van der Waals surface area (Å²) in [6.07, 6.45) is 1.01. The summed E-state index contributed by atoms with van der Waals surface area (Å²) in [5.41, 5.74) is 6.42. The Kier molecular flexibility index (Phi) is 8.82. The number of ether oxygens (including phenoxy) is 3. The molecule has 0 bridgehead atoms. The lowest BCUT2D eigenvalue weighted by molar-refractivity contribution is -0.143. The van der Waals surface area contributed by atoms with Gasteiger partial charge < -0.3 is 25.3 Å². The lowest BCUT2D eigenvalue weighted by Gasteiger charge is -2.33. The Balaban J connectivity index is 1.81. The molecule has 0 saturated carbocycles. The van der Waals surface area contributed by atoms with E-state index in [1.807, 2.05) is 0 Å². The third kappa shape index (κ3) is 6.54. The molecular formula is C19H28ClN3O5. The molecule has 0 unspecified atom stereocenters. The van der Waals surface area contributed by atoms with E-state index in [2.05, 4.69) is 10.2 Å². The van der Waals surface area contributed by atoms with Gasteiger partial charge in [0.25, 0.3) is 5.91 Å². The number of anilines is 1. The van der Waals surface area contributed by atoms with Gasteiger partial charge in [-0.2, -0.15) is 0 Å². The third-order valence-corrected chi connectivity index (χ3v) is 4.76. The summed E-state index contributed by atoms with van der Waals surface area (Å²) >= 11 is 6.02. The van der Waals surface area contributed by atoms with Crippen LogP contribution in [0.1, 0.15) is 30.1 Å². The molecule has 1 aliphatic heterocycles. The smallest absolute Gasteiger partial charge is 0.305 e. The van der Waals surface area contributed by atoms with Gasteiger partial charge in [-0.3, -0.25) is 14.5 Å². The van der Waals surface area contributed by atoms with Crippen molar-refractivity contribution in [3.63, 3.8) is 0 Å². The highest BCUT2D eigenvalue weighted by molar-refractivity contribution is 6.33. The molecule has 2 rings (SSSR count). The molecule has 1 aromatic rings. The van der Waals surface area contributed by atoms with Crippen LogP contribution < -0.4 is 15.8 Å². The highest BCUT2D eigenvalue weighted by Gasteiger charge is 2.22. The Morgan fingerprint density at radius 3 is 2.93 bits per heavy atom. The molecular weight excluding hydrogens is 386 g/mol. The number of methoxy groups -OCH3 is 1. The Morgan fingerprint density at radius 1 is 1.43 bits per heavy atom. The molecule has 1 amide bonds. The number of carbonyl (C=O) groups excluding carboxylic acids is 2. The van der Waals surface area contributed by atoms with Gasteiger partial charge in [0.05, 0.1) is 42.7 Å². The van der Waals surface area contributed by atoms with Crippen molar-refractivity contribution in [3.8, 4) is 5.75 Å². The van der Waals surface area contributed by atoms with Gasteiger partial charge in [0, 0.05) is 32.1 Å². The molecule has 0 radical (unpaired) electrons. The van der Waals surface area contributed by atoms with Crippen LogP contribution in [-0.2, 0) is 14.3 Å². The number of amides is 1. The van der Waals surface area contributed by atoms with E-state index in [0.717, 1.165) is 19.5 Å². The molecule has 0 aromatic heterocycles. The molecule has 28 heavy (non-hydrogen) atoms. The Bertz CT molecular complexity index is 686. The number of benzene rings is 1. The van der Waals surface area contributed by atoms with Crippen LogP contribution in [0.3, 0.4) is 0 Å². The van der Waals surface area contributed by atoms with Gasteiger partial charge in [-0.15, -0.1) is 0 Å². The van der Waals surface area contributed by atoms with E-state index in [1.54, 1.807) is 6.92 Å². The summed E-state index contributed by atoms with van der Waals surface area (Å²) in [4.78, 5) is 26.2. The molecule has 1 atom stereocenters. The number of nitrogens with one attached hydrogen (secondary N) is 1. The maximum atomic E-state index is 12.5. The summed E-state index contributed by atoms with van der Waals surface area (Å²) in [5, 5.41) is 3.16. The predicted octanol–water partition coefficient (Wildman–Crippen LogP) is 1.70. The summed E-state index contributed by atoms with van der Waals surface area (Å²) < 4.78 is 15.9. The van der Waals surface area contributed by atoms with Gasteiger partial charge in [0.1, 0.15) is 5.75 Å². The SMILES string of the molecule is CCOC(=O)CCCN1CCO[C@H](CNC(=O)c2cc(Cl)c(N)cc2OC)C1. The van der Waals surface area contributed by atoms with Crippen molar-refractivity contribution in [2.45, 2.75) is 25.9 Å². The molecule has 0 aliphatic carbocycles. The standard InChI is InChI=1S/C19H28ClN3O5/c1-3-27-18(24)5-4-6-23-7-8-28-13(12-23)11-22-19(25)14-9-15(20)16(21)10-17(14)26-2/h9-10,13H,3-8,11-12,21H2,1-2H3,(H,22,25)/t13-/m1/s1. The molecule has 9 heteroatoms. The lowest BCUT2D eigenvalue weighted by atomic mass is 10.1. The number of halogens is 1. The Labute approximate surface area is 170 Å². The van der Waals surface area contributed by atoms with Crippen LogP contribution in [0, 0.1) is 0 Å². The summed E-state index contributed by atoms with van der Waals surface area (Å²) in [5.74, 6) is -0.109. The zero-order valence-corrected chi connectivity index (χ0v) is 17.1. The van der Waals surface area contributed by atoms with Crippen molar-refractivity contribution in [2.75, 3.05) is 52.2 Å². The molecule has 1 aromatic carbocycles. The van der Waals surface area contributed by atoms with Crippen molar-refractivity contribution in [2.24, 2.45) is 0 Å². The number of nitrogen functional groups attached to an aromatic ring is 1. The van der Waals surface area contributed by atoms with Crippen molar-refractivity contribution in [1.29, 1.82) is 0 Å². The second-order valence-electron chi connectivity index (χ2n) is 6.49. The maximum absolute atomic E-state index is 12.5. The topological polar surface area (TPSA) is 103 Å². The molecule has 3 N–H and O–H groups in total. The first-order valence-corrected chi connectivity index (χ1v) is 9.73. The van der Waals surface area contributed by atoms with Crippen LogP contribution in [0.2, 0.25) is 5.02 Å². The minimum Gasteiger partial charge on any atom is -0.496 e. The number of morpholine rings is 1. The number of hydrogen-bond donors (Lipinski definition) is 2. The van der Waals surface area contributed by atoms with E-state index >= 15 is 0 Å². The second kappa shape index (κ2) is 11.1. The van der Waals surface area contributed by atoms with Crippen LogP contribution in [0.5, 0.6) is 5.75 Å². The zero-order chi connectivity index (χ0) is 20.5. The van der Waals surface area contributed by atoms with Crippen molar-refractivity contribution >= 4 is 29.2 Å². The first-order chi connectivity index (χ1) is 13.4. The molecule has 8 nitrogen and oxygen atoms in total. The summed E-state index contributed by atoms with van der Waals surface area (Å²) in [6.45, 7) is 5.41. The Hall–Kier alpha value is -2.03. The fourth-order valence-corrected chi connectivity index (χ4v) is 3.17. The largest absolute Gasteiger partial charge is 0.496 e. The third-order valence-electron chi connectivity index (χ3n) is 4.44. The minimum atomic E-state index is -0.304. The highest BCUT2D eigenvalue weighted by atomic mass is 35.5. The first kappa shape index (κ1) is 22.3. The van der Waals surface area contributed by atoms with Gasteiger partial charge >= 0.3 is 5.97 Å². The number of esters is 1. The van der Waals surface area contributed by atoms with E-state index in [0.29, 0.717) is 54.7 Å². The van der Waals surface area contributed by atoms with E-state index in [1.165, 1.54) is 19.2 Å². The number of carbonyl (C=O) groups is 2. The number of hydrogen-bond acceptors (Lipinski definition) is 7. The quantitative estimate of drug-likeness (QED) is 0.469. The van der Waals surface area contributed by atoms with Crippen molar-refractivity contribution in [3.05, 3.63) is 22.7 Å². The van der Waals surface area contributed by atoms with E-state index in [4.69, 9.17) is 31.5 Å². The van der Waals surface area contributed by atoms with Gasteiger partial charge in [-0.1, -0.05) is 11.6 Å². The lowest BCUT2D eigenvalue weighted by Crippen LogP contribution is -2.47. The maximum Gasteiger partial charge on any atom is 0.305 e. The van der Waals surface area contributed by atoms with Crippen molar-refractivity contribution in [1.82, 2.24) is 10.2 Å². The van der Waals surface area contributed by atoms with E-state index in [-0.39, 0.29) is 18.0 Å². The number of nitrogens with zero attached hydrogens (tertiary/aromatic N) is 1. The van der Waals surface area contributed by atoms with Crippen molar-refractivity contribution < 1.29 is 23.8 Å². The van der Waals surface area contributed by atoms with Crippen LogP contribution in [0.25, 0.3) is 0 Å².